The molecule has 0 radical (unpaired) electrons. The van der Waals surface area contributed by atoms with Crippen LogP contribution in [0.4, 0.5) is 5.69 Å². The zero-order valence-corrected chi connectivity index (χ0v) is 22.6. The highest BCUT2D eigenvalue weighted by Crippen LogP contribution is 2.38. The third kappa shape index (κ3) is 5.11. The maximum atomic E-state index is 13.9. The number of methoxy groups -OCH3 is 1. The number of piperidine rings is 1. The lowest BCUT2D eigenvalue weighted by atomic mass is 10.1. The third-order valence-electron chi connectivity index (χ3n) is 6.42. The van der Waals surface area contributed by atoms with Gasteiger partial charge in [-0.05, 0) is 61.2 Å². The molecular formula is C26H29ClN2O5S2. The quantitative estimate of drug-likeness (QED) is 0.397. The molecule has 0 saturated carbocycles. The Bertz CT molecular complexity index is 1420. The summed E-state index contributed by atoms with van der Waals surface area (Å²) in [5.41, 5.74) is 1.45. The molecule has 1 heterocycles. The average Bonchev–Trinajstić information content (AvgIpc) is 2.89. The molecule has 0 amide bonds. The summed E-state index contributed by atoms with van der Waals surface area (Å²) in [6, 6.07) is 19.6. The lowest BCUT2D eigenvalue weighted by Gasteiger charge is -2.39. The topological polar surface area (TPSA) is 84.0 Å². The van der Waals surface area contributed by atoms with Gasteiger partial charge in [-0.1, -0.05) is 54.9 Å². The molecule has 3 aromatic carbocycles. The number of anilines is 1. The largest absolute Gasteiger partial charge is 0.495 e. The van der Waals surface area contributed by atoms with Crippen LogP contribution in [0.2, 0.25) is 5.02 Å². The fourth-order valence-electron chi connectivity index (χ4n) is 4.46. The molecule has 0 atom stereocenters. The van der Waals surface area contributed by atoms with E-state index >= 15 is 0 Å². The van der Waals surface area contributed by atoms with Gasteiger partial charge in [0.15, 0.2) is 0 Å². The minimum absolute atomic E-state index is 0.0105. The van der Waals surface area contributed by atoms with Gasteiger partial charge in [-0.3, -0.25) is 4.31 Å². The zero-order valence-electron chi connectivity index (χ0n) is 20.2. The summed E-state index contributed by atoms with van der Waals surface area (Å²) in [5.74, 6) is 0.402. The van der Waals surface area contributed by atoms with Crippen molar-refractivity contribution in [3.8, 4) is 5.75 Å². The molecular weight excluding hydrogens is 520 g/mol. The van der Waals surface area contributed by atoms with Crippen molar-refractivity contribution in [2.24, 2.45) is 0 Å². The molecule has 7 nitrogen and oxygen atoms in total. The Morgan fingerprint density at radius 3 is 2.14 bits per heavy atom. The number of hydrogen-bond acceptors (Lipinski definition) is 5. The normalized spacial score (nSPS) is 15.5. The second-order valence-electron chi connectivity index (χ2n) is 8.54. The highest BCUT2D eigenvalue weighted by atomic mass is 35.5. The van der Waals surface area contributed by atoms with E-state index in [9.17, 15) is 16.8 Å². The maximum absolute atomic E-state index is 13.9. The van der Waals surface area contributed by atoms with Crippen LogP contribution in [-0.4, -0.2) is 47.4 Å². The van der Waals surface area contributed by atoms with Crippen LogP contribution in [0.5, 0.6) is 5.75 Å². The Labute approximate surface area is 218 Å². The summed E-state index contributed by atoms with van der Waals surface area (Å²) in [7, 11) is -6.28. The number of aryl methyl sites for hydroxylation is 1. The van der Waals surface area contributed by atoms with Gasteiger partial charge in [-0.2, -0.15) is 4.31 Å². The van der Waals surface area contributed by atoms with E-state index in [0.29, 0.717) is 24.3 Å². The molecule has 0 bridgehead atoms. The van der Waals surface area contributed by atoms with E-state index in [4.69, 9.17) is 16.3 Å². The second-order valence-corrected chi connectivity index (χ2v) is 12.7. The molecule has 0 spiro atoms. The van der Waals surface area contributed by atoms with E-state index < -0.39 is 26.1 Å². The summed E-state index contributed by atoms with van der Waals surface area (Å²) >= 11 is 6.30. The Balaban J connectivity index is 1.66. The summed E-state index contributed by atoms with van der Waals surface area (Å²) in [6.07, 6.45) is 1.45. The lowest BCUT2D eigenvalue weighted by Crippen LogP contribution is -2.49. The van der Waals surface area contributed by atoms with Gasteiger partial charge in [0.2, 0.25) is 10.0 Å². The number of benzene rings is 3. The predicted molar refractivity (Wildman–Crippen MR) is 142 cm³/mol. The lowest BCUT2D eigenvalue weighted by molar-refractivity contribution is 0.319. The van der Waals surface area contributed by atoms with Gasteiger partial charge in [0.05, 0.1) is 22.7 Å². The van der Waals surface area contributed by atoms with E-state index in [2.05, 4.69) is 0 Å². The standard InChI is InChI=1S/C26H29ClN2O5S2/c1-3-20-12-14-22(15-13-20)35(30,31)28-18-16-21(17-19-28)29(24-9-5-6-10-25(24)34-2)36(32,33)26-11-7-4-8-23(26)27/h4-15,21H,3,16-19H2,1-2H3. The molecule has 0 aliphatic carbocycles. The number of ether oxygens (including phenoxy) is 1. The number of para-hydroxylation sites is 2. The second kappa shape index (κ2) is 10.8. The van der Waals surface area contributed by atoms with Gasteiger partial charge >= 0.3 is 0 Å². The van der Waals surface area contributed by atoms with Crippen LogP contribution in [0.1, 0.15) is 25.3 Å². The molecule has 3 aromatic rings. The molecule has 0 unspecified atom stereocenters. The molecule has 4 rings (SSSR count). The number of hydrogen-bond donors (Lipinski definition) is 0. The highest BCUT2D eigenvalue weighted by Gasteiger charge is 2.38. The fraction of sp³-hybridized carbons (Fsp3) is 0.308. The number of nitrogens with zero attached hydrogens (tertiary/aromatic N) is 2. The van der Waals surface area contributed by atoms with Crippen molar-refractivity contribution in [2.45, 2.75) is 42.0 Å². The van der Waals surface area contributed by atoms with Gasteiger partial charge in [0.25, 0.3) is 10.0 Å². The number of rotatable bonds is 8. The van der Waals surface area contributed by atoms with Crippen molar-refractivity contribution in [2.75, 3.05) is 24.5 Å². The maximum Gasteiger partial charge on any atom is 0.266 e. The SMILES string of the molecule is CCc1ccc(S(=O)(=O)N2CCC(N(c3ccccc3OC)S(=O)(=O)c3ccccc3Cl)CC2)cc1. The Hall–Kier alpha value is -2.59. The van der Waals surface area contributed by atoms with Crippen LogP contribution in [0.25, 0.3) is 0 Å². The van der Waals surface area contributed by atoms with Gasteiger partial charge in [-0.25, -0.2) is 16.8 Å². The third-order valence-corrected chi connectivity index (χ3v) is 10.7. The zero-order chi connectivity index (χ0) is 25.9. The van der Waals surface area contributed by atoms with Crippen LogP contribution >= 0.6 is 11.6 Å². The van der Waals surface area contributed by atoms with Crippen molar-refractivity contribution >= 4 is 37.3 Å². The van der Waals surface area contributed by atoms with Crippen molar-refractivity contribution in [3.05, 3.63) is 83.4 Å². The van der Waals surface area contributed by atoms with E-state index in [-0.39, 0.29) is 27.9 Å². The smallest absolute Gasteiger partial charge is 0.266 e. The number of sulfonamides is 2. The van der Waals surface area contributed by atoms with Gasteiger partial charge in [-0.15, -0.1) is 0 Å². The minimum atomic E-state index is -4.08. The van der Waals surface area contributed by atoms with Crippen LogP contribution < -0.4 is 9.04 Å². The molecule has 0 aromatic heterocycles. The first-order valence-electron chi connectivity index (χ1n) is 11.7. The first-order chi connectivity index (χ1) is 17.2. The Morgan fingerprint density at radius 1 is 0.917 bits per heavy atom. The first-order valence-corrected chi connectivity index (χ1v) is 15.0. The summed E-state index contributed by atoms with van der Waals surface area (Å²) in [4.78, 5) is 0.229. The van der Waals surface area contributed by atoms with E-state index in [1.54, 1.807) is 48.5 Å². The average molecular weight is 549 g/mol. The van der Waals surface area contributed by atoms with Gasteiger partial charge in [0.1, 0.15) is 10.6 Å². The van der Waals surface area contributed by atoms with Crippen molar-refractivity contribution in [3.63, 3.8) is 0 Å². The van der Waals surface area contributed by atoms with Crippen LogP contribution in [0.15, 0.2) is 82.6 Å². The van der Waals surface area contributed by atoms with Crippen LogP contribution in [0.3, 0.4) is 0 Å². The van der Waals surface area contributed by atoms with E-state index in [1.165, 1.54) is 27.9 Å². The predicted octanol–water partition coefficient (Wildman–Crippen LogP) is 4.96. The van der Waals surface area contributed by atoms with E-state index in [1.807, 2.05) is 19.1 Å². The molecule has 36 heavy (non-hydrogen) atoms. The first kappa shape index (κ1) is 26.5. The summed E-state index contributed by atoms with van der Waals surface area (Å²) < 4.78 is 62.6. The monoisotopic (exact) mass is 548 g/mol. The molecule has 1 fully saturated rings. The van der Waals surface area contributed by atoms with Gasteiger partial charge in [0, 0.05) is 19.1 Å². The van der Waals surface area contributed by atoms with Gasteiger partial charge < -0.3 is 4.74 Å². The molecule has 1 aliphatic heterocycles. The van der Waals surface area contributed by atoms with E-state index in [0.717, 1.165) is 12.0 Å². The Morgan fingerprint density at radius 2 is 1.53 bits per heavy atom. The molecule has 10 heteroatoms. The Kier molecular flexibility index (Phi) is 7.94. The van der Waals surface area contributed by atoms with Crippen molar-refractivity contribution in [1.29, 1.82) is 0 Å². The minimum Gasteiger partial charge on any atom is -0.495 e. The van der Waals surface area contributed by atoms with Crippen LogP contribution in [0, 0.1) is 0 Å². The van der Waals surface area contributed by atoms with Crippen molar-refractivity contribution in [1.82, 2.24) is 4.31 Å². The van der Waals surface area contributed by atoms with Crippen molar-refractivity contribution < 1.29 is 21.6 Å². The number of halogens is 1. The summed E-state index contributed by atoms with van der Waals surface area (Å²) in [6.45, 7) is 2.39. The van der Waals surface area contributed by atoms with Crippen LogP contribution in [-0.2, 0) is 26.5 Å². The molecule has 1 saturated heterocycles. The molecule has 0 N–H and O–H groups in total. The fourth-order valence-corrected chi connectivity index (χ4v) is 8.15. The molecule has 192 valence electrons. The highest BCUT2D eigenvalue weighted by molar-refractivity contribution is 7.93. The summed E-state index contributed by atoms with van der Waals surface area (Å²) in [5, 5.41) is 0.118. The molecule has 1 aliphatic rings.